The summed E-state index contributed by atoms with van der Waals surface area (Å²) in [6.45, 7) is 4.02. The van der Waals surface area contributed by atoms with Gasteiger partial charge in [-0.15, -0.1) is 0 Å². The van der Waals surface area contributed by atoms with Crippen LogP contribution in [0.4, 0.5) is 11.4 Å². The van der Waals surface area contributed by atoms with Gasteiger partial charge in [-0.25, -0.2) is 0 Å². The molecular weight excluding hydrogens is 346 g/mol. The van der Waals surface area contributed by atoms with Gasteiger partial charge in [0.1, 0.15) is 5.75 Å². The molecule has 0 unspecified atom stereocenters. The molecule has 1 saturated heterocycles. The number of nitrogens with one attached hydrogen (secondary N) is 2. The van der Waals surface area contributed by atoms with Crippen LogP contribution in [0.5, 0.6) is 5.75 Å². The van der Waals surface area contributed by atoms with Crippen LogP contribution in [0.3, 0.4) is 0 Å². The van der Waals surface area contributed by atoms with Crippen molar-refractivity contribution in [1.82, 2.24) is 5.32 Å². The highest BCUT2D eigenvalue weighted by atomic mass is 32.1. The van der Waals surface area contributed by atoms with Crippen LogP contribution in [-0.2, 0) is 4.79 Å². The van der Waals surface area contributed by atoms with Crippen molar-refractivity contribution in [3.05, 3.63) is 54.1 Å². The molecule has 0 bridgehead atoms. The maximum Gasteiger partial charge on any atom is 0.264 e. The van der Waals surface area contributed by atoms with Crippen molar-refractivity contribution in [2.24, 2.45) is 0 Å². The van der Waals surface area contributed by atoms with Crippen LogP contribution in [0.1, 0.15) is 18.4 Å². The molecule has 26 heavy (non-hydrogen) atoms. The fourth-order valence-electron chi connectivity index (χ4n) is 2.94. The number of aryl methyl sites for hydroxylation is 1. The van der Waals surface area contributed by atoms with E-state index < -0.39 is 0 Å². The Morgan fingerprint density at radius 3 is 2.69 bits per heavy atom. The number of carbonyl (C=O) groups excluding carboxylic acids is 1. The number of carbonyl (C=O) groups is 1. The highest BCUT2D eigenvalue weighted by Crippen LogP contribution is 2.23. The smallest absolute Gasteiger partial charge is 0.264 e. The van der Waals surface area contributed by atoms with Crippen LogP contribution < -0.4 is 20.3 Å². The summed E-state index contributed by atoms with van der Waals surface area (Å²) in [5.41, 5.74) is 3.02. The summed E-state index contributed by atoms with van der Waals surface area (Å²) >= 11 is 5.23. The fourth-order valence-corrected chi connectivity index (χ4v) is 3.17. The van der Waals surface area contributed by atoms with Gasteiger partial charge < -0.3 is 15.0 Å². The van der Waals surface area contributed by atoms with Gasteiger partial charge in [0.05, 0.1) is 0 Å². The molecule has 0 saturated carbocycles. The molecular formula is C20H23N3O2S. The van der Waals surface area contributed by atoms with Crippen molar-refractivity contribution in [2.75, 3.05) is 29.9 Å². The average molecular weight is 369 g/mol. The van der Waals surface area contributed by atoms with E-state index in [1.807, 2.05) is 49.4 Å². The fraction of sp³-hybridized carbons (Fsp3) is 0.300. The van der Waals surface area contributed by atoms with E-state index in [9.17, 15) is 4.79 Å². The highest BCUT2D eigenvalue weighted by molar-refractivity contribution is 7.80. The monoisotopic (exact) mass is 369 g/mol. The van der Waals surface area contributed by atoms with Gasteiger partial charge in [-0.05, 0) is 61.8 Å². The number of para-hydroxylation sites is 1. The highest BCUT2D eigenvalue weighted by Gasteiger charge is 2.13. The Labute approximate surface area is 159 Å². The van der Waals surface area contributed by atoms with E-state index >= 15 is 0 Å². The SMILES string of the molecule is Cc1ccccc1OCC(=O)NC(=S)Nc1cccc(N2CCCC2)c1. The Hall–Kier alpha value is -2.60. The molecule has 5 nitrogen and oxygen atoms in total. The van der Waals surface area contributed by atoms with Crippen molar-refractivity contribution < 1.29 is 9.53 Å². The number of nitrogens with zero attached hydrogens (tertiary/aromatic N) is 1. The predicted molar refractivity (Wildman–Crippen MR) is 109 cm³/mol. The number of rotatable bonds is 5. The number of hydrogen-bond donors (Lipinski definition) is 2. The standard InChI is InChI=1S/C20H23N3O2S/c1-15-7-2-3-10-18(15)25-14-19(24)22-20(26)21-16-8-6-9-17(13-16)23-11-4-5-12-23/h2-3,6-10,13H,4-5,11-12,14H2,1H3,(H2,21,22,24,26). The zero-order valence-electron chi connectivity index (χ0n) is 14.8. The summed E-state index contributed by atoms with van der Waals surface area (Å²) in [6.07, 6.45) is 2.46. The second kappa shape index (κ2) is 8.67. The number of ether oxygens (including phenoxy) is 1. The molecule has 2 aromatic rings. The second-order valence-electron chi connectivity index (χ2n) is 6.30. The van der Waals surface area contributed by atoms with Crippen LogP contribution in [0.15, 0.2) is 48.5 Å². The molecule has 0 spiro atoms. The first-order valence-electron chi connectivity index (χ1n) is 8.76. The minimum atomic E-state index is -0.290. The molecule has 0 radical (unpaired) electrons. The summed E-state index contributed by atoms with van der Waals surface area (Å²) in [5, 5.41) is 5.98. The van der Waals surface area contributed by atoms with Crippen LogP contribution in [0.2, 0.25) is 0 Å². The first kappa shape index (κ1) is 18.2. The molecule has 1 heterocycles. The van der Waals surface area contributed by atoms with Gasteiger partial charge >= 0.3 is 0 Å². The van der Waals surface area contributed by atoms with Crippen LogP contribution >= 0.6 is 12.2 Å². The Morgan fingerprint density at radius 2 is 1.92 bits per heavy atom. The van der Waals surface area contributed by atoms with E-state index in [4.69, 9.17) is 17.0 Å². The molecule has 1 fully saturated rings. The van der Waals surface area contributed by atoms with Gasteiger partial charge in [0.15, 0.2) is 11.7 Å². The molecule has 2 aromatic carbocycles. The number of thiocarbonyl (C=S) groups is 1. The third-order valence-corrected chi connectivity index (χ3v) is 4.48. The number of anilines is 2. The lowest BCUT2D eigenvalue weighted by Crippen LogP contribution is -2.37. The van der Waals surface area contributed by atoms with Gasteiger partial charge in [-0.1, -0.05) is 24.3 Å². The van der Waals surface area contributed by atoms with E-state index in [2.05, 4.69) is 21.6 Å². The minimum Gasteiger partial charge on any atom is -0.483 e. The van der Waals surface area contributed by atoms with Crippen molar-refractivity contribution in [3.63, 3.8) is 0 Å². The third kappa shape index (κ3) is 4.95. The van der Waals surface area contributed by atoms with Gasteiger partial charge in [0, 0.05) is 24.5 Å². The maximum atomic E-state index is 12.0. The van der Waals surface area contributed by atoms with E-state index in [1.165, 1.54) is 18.5 Å². The van der Waals surface area contributed by atoms with Gasteiger partial charge in [0.2, 0.25) is 0 Å². The Balaban J connectivity index is 1.49. The minimum absolute atomic E-state index is 0.0828. The van der Waals surface area contributed by atoms with E-state index in [1.54, 1.807) is 0 Å². The van der Waals surface area contributed by atoms with Gasteiger partial charge in [0.25, 0.3) is 5.91 Å². The Kier molecular flexibility index (Phi) is 6.07. The first-order valence-corrected chi connectivity index (χ1v) is 9.17. The molecule has 2 N–H and O–H groups in total. The summed E-state index contributed by atoms with van der Waals surface area (Å²) in [6, 6.07) is 15.6. The van der Waals surface area contributed by atoms with E-state index in [-0.39, 0.29) is 17.6 Å². The maximum absolute atomic E-state index is 12.0. The van der Waals surface area contributed by atoms with Crippen LogP contribution in [0, 0.1) is 6.92 Å². The van der Waals surface area contributed by atoms with Crippen LogP contribution in [-0.4, -0.2) is 30.7 Å². The Bertz CT molecular complexity index is 788. The molecule has 1 amide bonds. The number of benzene rings is 2. The molecule has 1 aliphatic rings. The molecule has 1 aliphatic heterocycles. The lowest BCUT2D eigenvalue weighted by molar-refractivity contribution is -0.121. The summed E-state index contributed by atoms with van der Waals surface area (Å²) in [4.78, 5) is 14.4. The molecule has 0 aliphatic carbocycles. The van der Waals surface area contributed by atoms with Crippen molar-refractivity contribution in [3.8, 4) is 5.75 Å². The zero-order valence-corrected chi connectivity index (χ0v) is 15.6. The van der Waals surface area contributed by atoms with Gasteiger partial charge in [-0.3, -0.25) is 10.1 Å². The van der Waals surface area contributed by atoms with Crippen molar-refractivity contribution >= 4 is 34.6 Å². The number of hydrogen-bond acceptors (Lipinski definition) is 4. The molecule has 0 aromatic heterocycles. The zero-order chi connectivity index (χ0) is 18.4. The second-order valence-corrected chi connectivity index (χ2v) is 6.71. The molecule has 3 rings (SSSR count). The Morgan fingerprint density at radius 1 is 1.15 bits per heavy atom. The number of amides is 1. The van der Waals surface area contributed by atoms with E-state index in [0.29, 0.717) is 5.75 Å². The summed E-state index contributed by atoms with van der Waals surface area (Å²) < 4.78 is 5.53. The van der Waals surface area contributed by atoms with Gasteiger partial charge in [-0.2, -0.15) is 0 Å². The normalized spacial score (nSPS) is 13.3. The molecule has 0 atom stereocenters. The average Bonchev–Trinajstić information content (AvgIpc) is 3.16. The molecule has 6 heteroatoms. The lowest BCUT2D eigenvalue weighted by Gasteiger charge is -2.19. The lowest BCUT2D eigenvalue weighted by atomic mass is 10.2. The topological polar surface area (TPSA) is 53.6 Å². The first-order chi connectivity index (χ1) is 12.6. The quantitative estimate of drug-likeness (QED) is 0.790. The van der Waals surface area contributed by atoms with E-state index in [0.717, 1.165) is 24.3 Å². The largest absolute Gasteiger partial charge is 0.483 e. The summed E-state index contributed by atoms with van der Waals surface area (Å²) in [7, 11) is 0. The third-order valence-electron chi connectivity index (χ3n) is 4.28. The predicted octanol–water partition coefficient (Wildman–Crippen LogP) is 3.49. The molecule has 136 valence electrons. The van der Waals surface area contributed by atoms with Crippen molar-refractivity contribution in [1.29, 1.82) is 0 Å². The van der Waals surface area contributed by atoms with Crippen LogP contribution in [0.25, 0.3) is 0 Å². The van der Waals surface area contributed by atoms with Crippen molar-refractivity contribution in [2.45, 2.75) is 19.8 Å². The summed E-state index contributed by atoms with van der Waals surface area (Å²) in [5.74, 6) is 0.404.